The molecule has 0 aromatic heterocycles. The number of carboxylic acids is 2. The number of carbonyl (C=O) groups excluding carboxylic acids is 2. The minimum absolute atomic E-state index is 0.419. The summed E-state index contributed by atoms with van der Waals surface area (Å²) >= 11 is 0. The zero-order chi connectivity index (χ0) is 65.5. The molecular weight excluding hydrogens is 1230 g/mol. The van der Waals surface area contributed by atoms with Gasteiger partial charge in [0, 0.05) is 5.56 Å². The van der Waals surface area contributed by atoms with E-state index in [9.17, 15) is 32.8 Å². The molecule has 0 saturated carbocycles. The summed E-state index contributed by atoms with van der Waals surface area (Å²) in [6.07, 6.45) is 3.10. The molecule has 0 amide bonds. The topological polar surface area (TPSA) is 137 Å². The van der Waals surface area contributed by atoms with Crippen LogP contribution in [0.5, 0.6) is 0 Å². The molecule has 94 heavy (non-hydrogen) atoms. The van der Waals surface area contributed by atoms with Crippen molar-refractivity contribution in [3.63, 3.8) is 0 Å². The van der Waals surface area contributed by atoms with Crippen molar-refractivity contribution in [2.24, 2.45) is 0 Å². The third-order valence-electron chi connectivity index (χ3n) is 16.3. The maximum atomic E-state index is 10.7. The Morgan fingerprint density at radius 1 is 0.255 bits per heavy atom. The first-order valence-corrected chi connectivity index (χ1v) is 38.0. The van der Waals surface area contributed by atoms with Gasteiger partial charge in [0.05, 0.1) is 35.3 Å². The van der Waals surface area contributed by atoms with Gasteiger partial charge in [0.1, 0.15) is 79.6 Å². The van der Waals surface area contributed by atoms with Crippen LogP contribution < -0.4 is 58.0 Å². The smallest absolute Gasteiger partial charge is 0.125 e. The van der Waals surface area contributed by atoms with E-state index in [1.165, 1.54) is 64.4 Å². The number of hydrogen-bond acceptors (Lipinski definition) is 7. The predicted octanol–water partition coefficient (Wildman–Crippen LogP) is 12.9. The molecule has 13 aromatic rings. The maximum absolute atomic E-state index is 10.7. The molecule has 0 spiro atoms. The fourth-order valence-corrected chi connectivity index (χ4v) is 25.3. The highest BCUT2D eigenvalue weighted by atomic mass is 32.2. The lowest BCUT2D eigenvalue weighted by molar-refractivity contribution is -0.256. The van der Waals surface area contributed by atoms with Gasteiger partial charge < -0.3 is 24.4 Å². The van der Waals surface area contributed by atoms with E-state index in [-0.39, 0.29) is 0 Å². The molecule has 0 aliphatic heterocycles. The summed E-state index contributed by atoms with van der Waals surface area (Å²) in [6.45, 7) is 0. The molecule has 13 rings (SSSR count). The van der Waals surface area contributed by atoms with Gasteiger partial charge in [-0.15, -0.1) is 0 Å². The van der Waals surface area contributed by atoms with Crippen LogP contribution in [0.25, 0.3) is 0 Å². The quantitative estimate of drug-likeness (QED) is 0.0616. The van der Waals surface area contributed by atoms with Crippen LogP contribution in [0.2, 0.25) is 0 Å². The van der Waals surface area contributed by atoms with Crippen molar-refractivity contribution in [3.05, 3.63) is 410 Å². The molecule has 0 atom stereocenters. The van der Waals surface area contributed by atoms with E-state index in [4.69, 9.17) is 0 Å². The average molecular weight is 1300 g/mol. The Morgan fingerprint density at radius 2 is 0.436 bits per heavy atom. The first kappa shape index (κ1) is 66.9. The van der Waals surface area contributed by atoms with Gasteiger partial charge in [-0.2, -0.15) is 0 Å². The van der Waals surface area contributed by atoms with E-state index in [0.29, 0.717) is 12.1 Å². The second-order valence-corrected chi connectivity index (χ2v) is 33.9. The van der Waals surface area contributed by atoms with Crippen molar-refractivity contribution in [2.45, 2.75) is 23.4 Å². The van der Waals surface area contributed by atoms with Crippen LogP contribution in [0.4, 0.5) is 0 Å². The Balaban J connectivity index is 0.000000139. The largest absolute Gasteiger partial charge is 0.744 e. The average Bonchev–Trinajstić information content (AvgIpc) is 0.774. The molecule has 0 saturated heterocycles. The van der Waals surface area contributed by atoms with Crippen LogP contribution in [-0.4, -0.2) is 24.9 Å². The molecule has 0 aliphatic carbocycles. The first-order valence-electron chi connectivity index (χ1n) is 30.7. The molecule has 7 nitrogen and oxygen atoms in total. The van der Waals surface area contributed by atoms with Crippen molar-refractivity contribution < 1.29 is 32.8 Å². The Labute approximate surface area is 554 Å². The Hall–Kier alpha value is -10.0. The second-order valence-electron chi connectivity index (χ2n) is 22.1. The zero-order valence-corrected chi connectivity index (χ0v) is 55.1. The minimum Gasteiger partial charge on any atom is -0.744 e. The first-order chi connectivity index (χ1) is 45.9. The fourth-order valence-electron chi connectivity index (χ4n) is 11.9. The normalized spacial score (nSPS) is 11.2. The van der Waals surface area contributed by atoms with Crippen molar-refractivity contribution in [3.8, 4) is 0 Å². The molecular formula is C83H69O7P3S. The Morgan fingerprint density at radius 3 is 0.596 bits per heavy atom. The van der Waals surface area contributed by atoms with Crippen LogP contribution in [0, 0.1) is 0 Å². The van der Waals surface area contributed by atoms with Crippen molar-refractivity contribution in [2.75, 3.05) is 0 Å². The minimum atomic E-state index is -5.10. The van der Waals surface area contributed by atoms with Gasteiger partial charge in [0.15, 0.2) is 0 Å². The number of carbonyl (C=O) groups is 2. The Kier molecular flexibility index (Phi) is 23.1. The van der Waals surface area contributed by atoms with Gasteiger partial charge in [0.25, 0.3) is 0 Å². The van der Waals surface area contributed by atoms with E-state index < -0.39 is 59.9 Å². The van der Waals surface area contributed by atoms with E-state index in [1.54, 1.807) is 0 Å². The molecule has 0 fully saturated rings. The number of hydrogen-bond donors (Lipinski definition) is 0. The summed E-state index contributed by atoms with van der Waals surface area (Å²) < 4.78 is 32.0. The van der Waals surface area contributed by atoms with Crippen LogP contribution in [-0.2, 0) is 28.6 Å². The van der Waals surface area contributed by atoms with Gasteiger partial charge in [-0.05, 0) is 138 Å². The summed E-state index contributed by atoms with van der Waals surface area (Å²) in [5.74, 6) is -3.62. The molecule has 0 bridgehead atoms. The lowest BCUT2D eigenvalue weighted by atomic mass is 10.1. The monoisotopic (exact) mass is 1300 g/mol. The lowest BCUT2D eigenvalue weighted by Gasteiger charge is -2.27. The second kappa shape index (κ2) is 32.5. The molecule has 0 radical (unpaired) electrons. The summed E-state index contributed by atoms with van der Waals surface area (Å²) in [5, 5.41) is 33.7. The summed E-state index contributed by atoms with van der Waals surface area (Å²) in [6, 6.07) is 134. The highest BCUT2D eigenvalue weighted by Crippen LogP contribution is 2.60. The number of carboxylic acid groups (broad SMARTS) is 2. The maximum Gasteiger partial charge on any atom is 0.125 e. The third-order valence-corrected chi connectivity index (χ3v) is 30.3. The summed E-state index contributed by atoms with van der Waals surface area (Å²) in [7, 11) is -10.4. The van der Waals surface area contributed by atoms with Gasteiger partial charge >= 0.3 is 0 Å². The van der Waals surface area contributed by atoms with Crippen LogP contribution >= 0.6 is 21.8 Å². The Bertz CT molecular complexity index is 3880. The SMILES string of the molecule is O=C([O-])c1ccc(C(=O)[O-])c(S(=O)(=O)[O-])c1.c1ccc(C[P+](c2ccccc2)(c2ccccc2)c2ccccc2)cc1.c1ccc(C[P+](c2ccccc2)(c2ccccc2)c2ccccc2)cc1.c1ccc(C[P+](c2ccccc2)(c2ccccc2)c2ccccc2)cc1. The van der Waals surface area contributed by atoms with Crippen LogP contribution in [0.3, 0.4) is 0 Å². The molecule has 0 N–H and O–H groups in total. The lowest BCUT2D eigenvalue weighted by Crippen LogP contribution is -2.32. The number of benzene rings is 13. The van der Waals surface area contributed by atoms with Gasteiger partial charge in [-0.3, -0.25) is 0 Å². The highest BCUT2D eigenvalue weighted by Gasteiger charge is 2.48. The van der Waals surface area contributed by atoms with E-state index in [2.05, 4.69) is 364 Å². The number of aromatic carboxylic acids is 2. The van der Waals surface area contributed by atoms with E-state index in [1.807, 2.05) is 0 Å². The van der Waals surface area contributed by atoms with Crippen molar-refractivity contribution >= 4 is 91.6 Å². The molecule has 0 unspecified atom stereocenters. The third kappa shape index (κ3) is 16.2. The molecule has 13 aromatic carbocycles. The number of rotatable bonds is 18. The predicted molar refractivity (Wildman–Crippen MR) is 389 cm³/mol. The highest BCUT2D eigenvalue weighted by molar-refractivity contribution is 7.96. The fraction of sp³-hybridized carbons (Fsp3) is 0.0361. The van der Waals surface area contributed by atoms with Crippen LogP contribution in [0.1, 0.15) is 37.4 Å². The van der Waals surface area contributed by atoms with Gasteiger partial charge in [-0.1, -0.05) is 267 Å². The van der Waals surface area contributed by atoms with Crippen molar-refractivity contribution in [1.82, 2.24) is 0 Å². The van der Waals surface area contributed by atoms with Crippen molar-refractivity contribution in [1.29, 1.82) is 0 Å². The zero-order valence-electron chi connectivity index (χ0n) is 51.6. The summed E-state index contributed by atoms with van der Waals surface area (Å²) in [4.78, 5) is 19.7. The molecule has 464 valence electrons. The van der Waals surface area contributed by atoms with E-state index >= 15 is 0 Å². The standard InChI is InChI=1S/3C25H22P.C8H6O7S/c3*1-5-13-22(14-6-1)21-26(23-15-7-2-8-16-23,24-17-9-3-10-18-24)25-19-11-4-12-20-25;9-7(10)4-1-2-5(8(11)12)6(3-4)16(13,14)15/h3*1-20H,21H2;1-3H,(H,9,10)(H,11,12)(H,13,14,15)/q3*+1;/p-3. The van der Waals surface area contributed by atoms with Gasteiger partial charge in [-0.25, -0.2) is 8.42 Å². The molecule has 0 heterocycles. The van der Waals surface area contributed by atoms with Crippen LogP contribution in [0.15, 0.2) is 387 Å². The summed E-state index contributed by atoms with van der Waals surface area (Å²) in [5.41, 5.74) is 2.66. The molecule has 11 heteroatoms. The van der Waals surface area contributed by atoms with E-state index in [0.717, 1.165) is 24.6 Å². The van der Waals surface area contributed by atoms with Gasteiger partial charge in [0.2, 0.25) is 0 Å². The molecule has 0 aliphatic rings.